The topological polar surface area (TPSA) is 20.3 Å². The highest BCUT2D eigenvalue weighted by Gasteiger charge is 2.29. The van der Waals surface area contributed by atoms with Gasteiger partial charge in [0.15, 0.2) is 0 Å². The van der Waals surface area contributed by atoms with E-state index in [1.807, 2.05) is 0 Å². The third-order valence-electron chi connectivity index (χ3n) is 7.67. The number of nitrogens with zero attached hydrogens (tertiary/aromatic N) is 1. The van der Waals surface area contributed by atoms with E-state index in [0.29, 0.717) is 23.7 Å². The molecule has 4 atom stereocenters. The standard InChI is InChI=1S/C34H53NO/c1-23(2)17-28(9)29(10)20-32(21-31-16-14-13-15-26(31)7)34(22-36)35(12)33(18-24(3)4)30(11)19-27(8)25(5)6/h13-16,23-24,27-28,32-33H,5,10-11,17-21H2,1-4,6-9,12H3/t27?,28?,32-,33?/m1/s1. The maximum atomic E-state index is 12.7. The highest BCUT2D eigenvalue weighted by Crippen LogP contribution is 2.34. The third kappa shape index (κ3) is 9.98. The summed E-state index contributed by atoms with van der Waals surface area (Å²) in [6, 6.07) is 8.59. The van der Waals surface area contributed by atoms with Gasteiger partial charge in [0.1, 0.15) is 11.6 Å². The molecule has 0 aliphatic rings. The highest BCUT2D eigenvalue weighted by atomic mass is 16.1. The van der Waals surface area contributed by atoms with Crippen molar-refractivity contribution in [2.24, 2.45) is 29.6 Å². The molecule has 0 bridgehead atoms. The minimum atomic E-state index is 0.0248. The van der Waals surface area contributed by atoms with Gasteiger partial charge in [-0.05, 0) is 80.8 Å². The van der Waals surface area contributed by atoms with Crippen LogP contribution < -0.4 is 0 Å². The smallest absolute Gasteiger partial charge is 0.146 e. The lowest BCUT2D eigenvalue weighted by molar-refractivity contribution is 0.259. The van der Waals surface area contributed by atoms with Crippen LogP contribution in [0.2, 0.25) is 0 Å². The van der Waals surface area contributed by atoms with E-state index in [1.165, 1.54) is 22.3 Å². The van der Waals surface area contributed by atoms with E-state index in [0.717, 1.165) is 43.4 Å². The summed E-state index contributed by atoms with van der Waals surface area (Å²) >= 11 is 0. The lowest BCUT2D eigenvalue weighted by atomic mass is 9.82. The lowest BCUT2D eigenvalue weighted by Gasteiger charge is -2.37. The number of aryl methyl sites for hydroxylation is 1. The number of allylic oxidation sites excluding steroid dienone is 3. The summed E-state index contributed by atoms with van der Waals surface area (Å²) in [5.74, 6) is 4.31. The summed E-state index contributed by atoms with van der Waals surface area (Å²) in [7, 11) is 2.06. The van der Waals surface area contributed by atoms with E-state index < -0.39 is 0 Å². The molecule has 0 aliphatic carbocycles. The molecular formula is C34H53NO. The fourth-order valence-electron chi connectivity index (χ4n) is 5.12. The molecular weight excluding hydrogens is 438 g/mol. The zero-order chi connectivity index (χ0) is 27.6. The summed E-state index contributed by atoms with van der Waals surface area (Å²) in [4.78, 5) is 14.8. The van der Waals surface area contributed by atoms with Gasteiger partial charge in [0.25, 0.3) is 0 Å². The molecule has 0 N–H and O–H groups in total. The molecule has 200 valence electrons. The van der Waals surface area contributed by atoms with Crippen molar-refractivity contribution in [3.05, 3.63) is 77.5 Å². The van der Waals surface area contributed by atoms with Gasteiger partial charge < -0.3 is 4.90 Å². The summed E-state index contributed by atoms with van der Waals surface area (Å²) in [6.07, 6.45) is 4.53. The Balaban J connectivity index is 3.38. The van der Waals surface area contributed by atoms with Gasteiger partial charge in [-0.3, -0.25) is 0 Å². The first kappa shape index (κ1) is 31.7. The Bertz CT molecular complexity index is 930. The Morgan fingerprint density at radius 2 is 1.47 bits per heavy atom. The predicted octanol–water partition coefficient (Wildman–Crippen LogP) is 9.00. The van der Waals surface area contributed by atoms with Crippen LogP contribution in [0.1, 0.15) is 85.3 Å². The molecule has 2 nitrogen and oxygen atoms in total. The second kappa shape index (κ2) is 15.1. The van der Waals surface area contributed by atoms with Gasteiger partial charge in [-0.15, -0.1) is 0 Å². The van der Waals surface area contributed by atoms with Gasteiger partial charge in [0.05, 0.1) is 6.04 Å². The van der Waals surface area contributed by atoms with Crippen LogP contribution in [0.15, 0.2) is 66.4 Å². The summed E-state index contributed by atoms with van der Waals surface area (Å²) in [5, 5.41) is 0. The first-order valence-corrected chi connectivity index (χ1v) is 13.8. The van der Waals surface area contributed by atoms with Crippen molar-refractivity contribution in [2.75, 3.05) is 7.05 Å². The van der Waals surface area contributed by atoms with Gasteiger partial charge in [0.2, 0.25) is 0 Å². The Kier molecular flexibility index (Phi) is 13.3. The highest BCUT2D eigenvalue weighted by molar-refractivity contribution is 5.53. The van der Waals surface area contributed by atoms with E-state index in [9.17, 15) is 4.79 Å². The summed E-state index contributed by atoms with van der Waals surface area (Å²) in [6.45, 7) is 30.8. The Labute approximate surface area is 223 Å². The number of likely N-dealkylation sites (N-methyl/N-ethyl adjacent to an activating group) is 1. The van der Waals surface area contributed by atoms with Crippen molar-refractivity contribution in [3.8, 4) is 0 Å². The molecule has 0 spiro atoms. The quantitative estimate of drug-likeness (QED) is 0.170. The van der Waals surface area contributed by atoms with Crippen molar-refractivity contribution in [1.29, 1.82) is 0 Å². The number of hydrogen-bond donors (Lipinski definition) is 0. The average Bonchev–Trinajstić information content (AvgIpc) is 2.78. The van der Waals surface area contributed by atoms with E-state index >= 15 is 0 Å². The molecule has 0 saturated carbocycles. The normalized spacial score (nSPS) is 14.6. The summed E-state index contributed by atoms with van der Waals surface area (Å²) in [5.41, 5.74) is 6.83. The molecule has 0 amide bonds. The first-order chi connectivity index (χ1) is 16.8. The second-order valence-electron chi connectivity index (χ2n) is 12.1. The van der Waals surface area contributed by atoms with Crippen LogP contribution in [0.5, 0.6) is 0 Å². The Hall–Kier alpha value is -2.31. The lowest BCUT2D eigenvalue weighted by Crippen LogP contribution is -2.37. The second-order valence-corrected chi connectivity index (χ2v) is 12.1. The molecule has 3 unspecified atom stereocenters. The predicted molar refractivity (Wildman–Crippen MR) is 159 cm³/mol. The molecule has 0 heterocycles. The average molecular weight is 492 g/mol. The van der Waals surface area contributed by atoms with Gasteiger partial charge in [-0.25, -0.2) is 4.79 Å². The molecule has 1 rings (SSSR count). The van der Waals surface area contributed by atoms with Gasteiger partial charge in [-0.2, -0.15) is 0 Å². The first-order valence-electron chi connectivity index (χ1n) is 13.8. The zero-order valence-electron chi connectivity index (χ0n) is 24.8. The largest absolute Gasteiger partial charge is 0.362 e. The van der Waals surface area contributed by atoms with Crippen molar-refractivity contribution < 1.29 is 4.79 Å². The third-order valence-corrected chi connectivity index (χ3v) is 7.67. The fourth-order valence-corrected chi connectivity index (χ4v) is 5.12. The van der Waals surface area contributed by atoms with Gasteiger partial charge >= 0.3 is 0 Å². The monoisotopic (exact) mass is 491 g/mol. The van der Waals surface area contributed by atoms with Crippen LogP contribution in [-0.2, 0) is 11.2 Å². The summed E-state index contributed by atoms with van der Waals surface area (Å²) < 4.78 is 0. The van der Waals surface area contributed by atoms with Crippen LogP contribution in [-0.4, -0.2) is 23.9 Å². The molecule has 0 fully saturated rings. The molecule has 2 heteroatoms. The van der Waals surface area contributed by atoms with Crippen LogP contribution in [0.3, 0.4) is 0 Å². The number of benzene rings is 1. The number of carbonyl (C=O) groups excluding carboxylic acids is 1. The molecule has 0 radical (unpaired) electrons. The van der Waals surface area contributed by atoms with E-state index in [-0.39, 0.29) is 12.0 Å². The van der Waals surface area contributed by atoms with Crippen LogP contribution >= 0.6 is 0 Å². The Morgan fingerprint density at radius 1 is 0.889 bits per heavy atom. The molecule has 0 aromatic heterocycles. The maximum Gasteiger partial charge on any atom is 0.146 e. The molecule has 0 saturated heterocycles. The van der Waals surface area contributed by atoms with Crippen molar-refractivity contribution >= 4 is 5.94 Å². The fraction of sp³-hybridized carbons (Fsp3) is 0.588. The minimum Gasteiger partial charge on any atom is -0.362 e. The van der Waals surface area contributed by atoms with Gasteiger partial charge in [-0.1, -0.05) is 102 Å². The minimum absolute atomic E-state index is 0.0248. The SMILES string of the molecule is C=C(C)C(C)CC(=C)C(CC(C)C)N(C)C(=C=O)[C@H](CC(=C)C(C)CC(C)C)Cc1ccccc1C. The molecule has 1 aromatic carbocycles. The van der Waals surface area contributed by atoms with Crippen LogP contribution in [0.25, 0.3) is 0 Å². The molecule has 0 aliphatic heterocycles. The zero-order valence-corrected chi connectivity index (χ0v) is 24.8. The van der Waals surface area contributed by atoms with E-state index in [1.54, 1.807) is 0 Å². The van der Waals surface area contributed by atoms with Crippen LogP contribution in [0, 0.1) is 36.5 Å². The van der Waals surface area contributed by atoms with Gasteiger partial charge in [0, 0.05) is 13.0 Å². The van der Waals surface area contributed by atoms with Crippen LogP contribution in [0.4, 0.5) is 0 Å². The molecule has 1 aromatic rings. The van der Waals surface area contributed by atoms with E-state index in [2.05, 4.69) is 117 Å². The number of hydrogen-bond acceptors (Lipinski definition) is 2. The molecule has 36 heavy (non-hydrogen) atoms. The van der Waals surface area contributed by atoms with Crippen molar-refractivity contribution in [1.82, 2.24) is 4.90 Å². The van der Waals surface area contributed by atoms with Crippen molar-refractivity contribution in [2.45, 2.75) is 93.5 Å². The maximum absolute atomic E-state index is 12.7. The number of rotatable bonds is 16. The van der Waals surface area contributed by atoms with Crippen molar-refractivity contribution in [3.63, 3.8) is 0 Å². The Morgan fingerprint density at radius 3 is 1.97 bits per heavy atom. The van der Waals surface area contributed by atoms with E-state index in [4.69, 9.17) is 0 Å².